The number of thioether (sulfide) groups is 1. The SMILES string of the molecule is CNC(=O)[C@@H](C)Sc1nnnn1-c1ccc(Cl)cc1. The van der Waals surface area contributed by atoms with Crippen LogP contribution in [0.5, 0.6) is 0 Å². The summed E-state index contributed by atoms with van der Waals surface area (Å²) in [6.07, 6.45) is 0. The van der Waals surface area contributed by atoms with Crippen molar-refractivity contribution in [2.45, 2.75) is 17.3 Å². The van der Waals surface area contributed by atoms with Crippen LogP contribution >= 0.6 is 23.4 Å². The number of nitrogens with zero attached hydrogens (tertiary/aromatic N) is 4. The fourth-order valence-electron chi connectivity index (χ4n) is 1.41. The van der Waals surface area contributed by atoms with E-state index in [2.05, 4.69) is 20.8 Å². The highest BCUT2D eigenvalue weighted by Crippen LogP contribution is 2.23. The second kappa shape index (κ2) is 6.03. The van der Waals surface area contributed by atoms with Gasteiger partial charge < -0.3 is 5.32 Å². The third kappa shape index (κ3) is 3.24. The van der Waals surface area contributed by atoms with Crippen LogP contribution in [0.1, 0.15) is 6.92 Å². The van der Waals surface area contributed by atoms with Crippen molar-refractivity contribution in [1.29, 1.82) is 0 Å². The summed E-state index contributed by atoms with van der Waals surface area (Å²) in [5.74, 6) is -0.0735. The predicted octanol–water partition coefficient (Wildman–Crippen LogP) is 1.54. The van der Waals surface area contributed by atoms with Gasteiger partial charge >= 0.3 is 0 Å². The Bertz CT molecular complexity index is 571. The summed E-state index contributed by atoms with van der Waals surface area (Å²) < 4.78 is 1.57. The quantitative estimate of drug-likeness (QED) is 0.867. The second-order valence-electron chi connectivity index (χ2n) is 3.72. The summed E-state index contributed by atoms with van der Waals surface area (Å²) >= 11 is 7.13. The molecule has 0 saturated heterocycles. The molecule has 6 nitrogen and oxygen atoms in total. The Morgan fingerprint density at radius 2 is 2.11 bits per heavy atom. The van der Waals surface area contributed by atoms with Crippen LogP contribution in [0.3, 0.4) is 0 Å². The van der Waals surface area contributed by atoms with Gasteiger partial charge in [-0.05, 0) is 41.6 Å². The average molecular weight is 298 g/mol. The van der Waals surface area contributed by atoms with Crippen molar-refractivity contribution >= 4 is 29.3 Å². The van der Waals surface area contributed by atoms with E-state index in [1.54, 1.807) is 30.8 Å². The van der Waals surface area contributed by atoms with Gasteiger partial charge in [0, 0.05) is 12.1 Å². The number of rotatable bonds is 4. The van der Waals surface area contributed by atoms with Crippen molar-refractivity contribution in [2.75, 3.05) is 7.05 Å². The van der Waals surface area contributed by atoms with Gasteiger partial charge in [-0.1, -0.05) is 23.4 Å². The maximum Gasteiger partial charge on any atom is 0.233 e. The van der Waals surface area contributed by atoms with E-state index in [4.69, 9.17) is 11.6 Å². The lowest BCUT2D eigenvalue weighted by Crippen LogP contribution is -2.27. The molecule has 2 aromatic rings. The van der Waals surface area contributed by atoms with Gasteiger partial charge in [0.2, 0.25) is 11.1 Å². The molecule has 0 spiro atoms. The van der Waals surface area contributed by atoms with E-state index in [1.807, 2.05) is 12.1 Å². The minimum Gasteiger partial charge on any atom is -0.358 e. The fourth-order valence-corrected chi connectivity index (χ4v) is 2.40. The van der Waals surface area contributed by atoms with E-state index in [1.165, 1.54) is 11.8 Å². The zero-order valence-corrected chi connectivity index (χ0v) is 11.9. The number of carbonyl (C=O) groups excluding carboxylic acids is 1. The molecule has 0 aliphatic carbocycles. The highest BCUT2D eigenvalue weighted by atomic mass is 35.5. The summed E-state index contributed by atoms with van der Waals surface area (Å²) in [5, 5.41) is 15.0. The first kappa shape index (κ1) is 13.8. The van der Waals surface area contributed by atoms with Crippen LogP contribution in [-0.4, -0.2) is 38.4 Å². The maximum absolute atomic E-state index is 11.5. The van der Waals surface area contributed by atoms with Crippen molar-refractivity contribution in [1.82, 2.24) is 25.5 Å². The smallest absolute Gasteiger partial charge is 0.233 e. The molecule has 0 aliphatic rings. The maximum atomic E-state index is 11.5. The standard InChI is InChI=1S/C11H12ClN5OS/c1-7(10(18)13-2)19-11-14-15-16-17(11)9-5-3-8(12)4-6-9/h3-7H,1-2H3,(H,13,18)/t7-/m1/s1. The normalized spacial score (nSPS) is 12.2. The number of aromatic nitrogens is 4. The van der Waals surface area contributed by atoms with E-state index in [0.29, 0.717) is 10.2 Å². The van der Waals surface area contributed by atoms with Gasteiger partial charge in [0.25, 0.3) is 0 Å². The summed E-state index contributed by atoms with van der Waals surface area (Å²) in [7, 11) is 1.60. The van der Waals surface area contributed by atoms with Crippen LogP contribution in [0.15, 0.2) is 29.4 Å². The summed E-state index contributed by atoms with van der Waals surface area (Å²) in [5.41, 5.74) is 0.793. The van der Waals surface area contributed by atoms with Gasteiger partial charge in [0.05, 0.1) is 10.9 Å². The number of hydrogen-bond acceptors (Lipinski definition) is 5. The zero-order chi connectivity index (χ0) is 13.8. The van der Waals surface area contributed by atoms with Gasteiger partial charge in [-0.15, -0.1) is 5.10 Å². The molecule has 1 aromatic carbocycles. The highest BCUT2D eigenvalue weighted by molar-refractivity contribution is 8.00. The first-order valence-electron chi connectivity index (χ1n) is 5.54. The Morgan fingerprint density at radius 1 is 1.42 bits per heavy atom. The minimum atomic E-state index is -0.276. The molecule has 8 heteroatoms. The number of nitrogens with one attached hydrogen (secondary N) is 1. The van der Waals surface area contributed by atoms with Crippen molar-refractivity contribution in [2.24, 2.45) is 0 Å². The Balaban J connectivity index is 2.22. The first-order chi connectivity index (χ1) is 9.11. The molecular formula is C11H12ClN5OS. The lowest BCUT2D eigenvalue weighted by atomic mass is 10.3. The molecule has 0 fully saturated rings. The van der Waals surface area contributed by atoms with Gasteiger partial charge in [0.15, 0.2) is 0 Å². The molecule has 1 N–H and O–H groups in total. The number of carbonyl (C=O) groups is 1. The lowest BCUT2D eigenvalue weighted by Gasteiger charge is -2.09. The molecule has 0 aliphatic heterocycles. The lowest BCUT2D eigenvalue weighted by molar-refractivity contribution is -0.119. The average Bonchev–Trinajstić information content (AvgIpc) is 2.86. The van der Waals surface area contributed by atoms with Crippen molar-refractivity contribution in [3.05, 3.63) is 29.3 Å². The molecule has 0 saturated carbocycles. The number of amides is 1. The van der Waals surface area contributed by atoms with E-state index in [-0.39, 0.29) is 11.2 Å². The molecule has 0 unspecified atom stereocenters. The third-order valence-corrected chi connectivity index (χ3v) is 3.69. The summed E-state index contributed by atoms with van der Waals surface area (Å²) in [6, 6.07) is 7.14. The van der Waals surface area contributed by atoms with E-state index in [0.717, 1.165) is 5.69 Å². The van der Waals surface area contributed by atoms with Crippen LogP contribution in [0, 0.1) is 0 Å². The van der Waals surface area contributed by atoms with Crippen LogP contribution in [-0.2, 0) is 4.79 Å². The van der Waals surface area contributed by atoms with E-state index in [9.17, 15) is 4.79 Å². The molecule has 0 radical (unpaired) electrons. The van der Waals surface area contributed by atoms with Gasteiger partial charge in [-0.25, -0.2) is 0 Å². The topological polar surface area (TPSA) is 72.7 Å². The molecule has 1 atom stereocenters. The number of halogens is 1. The summed E-state index contributed by atoms with van der Waals surface area (Å²) in [4.78, 5) is 11.5. The molecule has 1 heterocycles. The van der Waals surface area contributed by atoms with Gasteiger partial charge in [-0.2, -0.15) is 4.68 Å². The van der Waals surface area contributed by atoms with Crippen LogP contribution in [0.2, 0.25) is 5.02 Å². The molecule has 0 bridgehead atoms. The Labute approximate surface area is 119 Å². The van der Waals surface area contributed by atoms with Gasteiger partial charge in [-0.3, -0.25) is 4.79 Å². The fraction of sp³-hybridized carbons (Fsp3) is 0.273. The zero-order valence-electron chi connectivity index (χ0n) is 10.4. The van der Waals surface area contributed by atoms with Crippen molar-refractivity contribution in [3.8, 4) is 5.69 Å². The Hall–Kier alpha value is -1.60. The highest BCUT2D eigenvalue weighted by Gasteiger charge is 2.17. The second-order valence-corrected chi connectivity index (χ2v) is 5.47. The summed E-state index contributed by atoms with van der Waals surface area (Å²) in [6.45, 7) is 1.80. The van der Waals surface area contributed by atoms with Crippen LogP contribution in [0.25, 0.3) is 5.69 Å². The molecular weight excluding hydrogens is 286 g/mol. The molecule has 1 aromatic heterocycles. The Kier molecular flexibility index (Phi) is 4.39. The van der Waals surface area contributed by atoms with Gasteiger partial charge in [0.1, 0.15) is 0 Å². The monoisotopic (exact) mass is 297 g/mol. The molecule has 19 heavy (non-hydrogen) atoms. The minimum absolute atomic E-state index is 0.0735. The van der Waals surface area contributed by atoms with Crippen molar-refractivity contribution in [3.63, 3.8) is 0 Å². The van der Waals surface area contributed by atoms with Crippen LogP contribution < -0.4 is 5.32 Å². The number of tetrazole rings is 1. The molecule has 1 amide bonds. The van der Waals surface area contributed by atoms with Crippen LogP contribution in [0.4, 0.5) is 0 Å². The molecule has 100 valence electrons. The van der Waals surface area contributed by atoms with Crippen molar-refractivity contribution < 1.29 is 4.79 Å². The van der Waals surface area contributed by atoms with E-state index < -0.39 is 0 Å². The number of benzene rings is 1. The third-order valence-electron chi connectivity index (χ3n) is 2.41. The largest absolute Gasteiger partial charge is 0.358 e. The van der Waals surface area contributed by atoms with E-state index >= 15 is 0 Å². The predicted molar refractivity (Wildman–Crippen MR) is 73.5 cm³/mol. The first-order valence-corrected chi connectivity index (χ1v) is 6.80. The Morgan fingerprint density at radius 3 is 2.74 bits per heavy atom. The molecule has 2 rings (SSSR count). The number of hydrogen-bond donors (Lipinski definition) is 1.